The number of methoxy groups -OCH3 is 1. The second-order valence-electron chi connectivity index (χ2n) is 6.56. The lowest BCUT2D eigenvalue weighted by Gasteiger charge is -2.37. The SMILES string of the molecule is COc1ccccc1N1CCN(C(=O)C(C)Oc2ccc(C)cc2)CC1. The number of carbonyl (C=O) groups is 1. The normalized spacial score (nSPS) is 15.5. The van der Waals surface area contributed by atoms with Crippen molar-refractivity contribution in [2.75, 3.05) is 38.2 Å². The first-order valence-corrected chi connectivity index (χ1v) is 8.98. The zero-order valence-corrected chi connectivity index (χ0v) is 15.6. The highest BCUT2D eigenvalue weighted by molar-refractivity contribution is 5.81. The number of para-hydroxylation sites is 2. The number of rotatable bonds is 5. The molecule has 0 N–H and O–H groups in total. The van der Waals surface area contributed by atoms with Crippen molar-refractivity contribution in [1.82, 2.24) is 4.90 Å². The van der Waals surface area contributed by atoms with Crippen LogP contribution in [0.4, 0.5) is 5.69 Å². The van der Waals surface area contributed by atoms with Crippen LogP contribution in [-0.4, -0.2) is 50.2 Å². The Morgan fingerprint density at radius 2 is 1.65 bits per heavy atom. The van der Waals surface area contributed by atoms with Crippen LogP contribution in [-0.2, 0) is 4.79 Å². The molecule has 2 aromatic rings. The molecule has 0 bridgehead atoms. The second-order valence-corrected chi connectivity index (χ2v) is 6.56. The molecule has 1 atom stereocenters. The molecule has 5 heteroatoms. The highest BCUT2D eigenvalue weighted by atomic mass is 16.5. The molecule has 26 heavy (non-hydrogen) atoms. The average Bonchev–Trinajstić information content (AvgIpc) is 2.69. The Hall–Kier alpha value is -2.69. The van der Waals surface area contributed by atoms with Crippen molar-refractivity contribution in [2.24, 2.45) is 0 Å². The molecular formula is C21H26N2O3. The molecule has 1 unspecified atom stereocenters. The predicted molar refractivity (Wildman–Crippen MR) is 103 cm³/mol. The first kappa shape index (κ1) is 18.1. The summed E-state index contributed by atoms with van der Waals surface area (Å²) in [6.45, 7) is 6.76. The van der Waals surface area contributed by atoms with Crippen molar-refractivity contribution in [2.45, 2.75) is 20.0 Å². The molecule has 2 aromatic carbocycles. The zero-order valence-electron chi connectivity index (χ0n) is 15.6. The minimum Gasteiger partial charge on any atom is -0.495 e. The van der Waals surface area contributed by atoms with E-state index < -0.39 is 6.10 Å². The number of benzene rings is 2. The summed E-state index contributed by atoms with van der Waals surface area (Å²) in [6, 6.07) is 15.8. The van der Waals surface area contributed by atoms with Gasteiger partial charge in [0, 0.05) is 26.2 Å². The number of ether oxygens (including phenoxy) is 2. The van der Waals surface area contributed by atoms with Crippen LogP contribution in [0.5, 0.6) is 11.5 Å². The van der Waals surface area contributed by atoms with Crippen molar-refractivity contribution in [3.05, 3.63) is 54.1 Å². The van der Waals surface area contributed by atoms with Gasteiger partial charge in [-0.3, -0.25) is 4.79 Å². The molecule has 0 aromatic heterocycles. The minimum absolute atomic E-state index is 0.0326. The van der Waals surface area contributed by atoms with Crippen molar-refractivity contribution >= 4 is 11.6 Å². The molecule has 1 saturated heterocycles. The maximum Gasteiger partial charge on any atom is 0.263 e. The molecule has 3 rings (SSSR count). The summed E-state index contributed by atoms with van der Waals surface area (Å²) >= 11 is 0. The van der Waals surface area contributed by atoms with Gasteiger partial charge in [0.1, 0.15) is 11.5 Å². The van der Waals surface area contributed by atoms with Crippen molar-refractivity contribution < 1.29 is 14.3 Å². The number of carbonyl (C=O) groups excluding carboxylic acids is 1. The van der Waals surface area contributed by atoms with Gasteiger partial charge in [0.15, 0.2) is 6.10 Å². The third-order valence-electron chi connectivity index (χ3n) is 4.70. The molecule has 1 heterocycles. The van der Waals surface area contributed by atoms with Gasteiger partial charge in [0.2, 0.25) is 0 Å². The Morgan fingerprint density at radius 1 is 1.00 bits per heavy atom. The van der Waals surface area contributed by atoms with Crippen LogP contribution >= 0.6 is 0 Å². The molecule has 5 nitrogen and oxygen atoms in total. The van der Waals surface area contributed by atoms with Crippen LogP contribution in [0.25, 0.3) is 0 Å². The third-order valence-corrected chi connectivity index (χ3v) is 4.70. The van der Waals surface area contributed by atoms with Crippen LogP contribution < -0.4 is 14.4 Å². The van der Waals surface area contributed by atoms with E-state index in [1.165, 1.54) is 5.56 Å². The van der Waals surface area contributed by atoms with Gasteiger partial charge in [-0.2, -0.15) is 0 Å². The molecule has 0 spiro atoms. The van der Waals surface area contributed by atoms with E-state index in [9.17, 15) is 4.79 Å². The number of aryl methyl sites for hydroxylation is 1. The van der Waals surface area contributed by atoms with Gasteiger partial charge in [-0.15, -0.1) is 0 Å². The molecule has 1 amide bonds. The Morgan fingerprint density at radius 3 is 2.31 bits per heavy atom. The van der Waals surface area contributed by atoms with E-state index in [4.69, 9.17) is 9.47 Å². The standard InChI is InChI=1S/C21H26N2O3/c1-16-8-10-18(11-9-16)26-17(2)21(24)23-14-12-22(13-15-23)19-6-4-5-7-20(19)25-3/h4-11,17H,12-15H2,1-3H3. The van der Waals surface area contributed by atoms with Crippen molar-refractivity contribution in [3.8, 4) is 11.5 Å². The van der Waals surface area contributed by atoms with Gasteiger partial charge in [-0.1, -0.05) is 29.8 Å². The fraction of sp³-hybridized carbons (Fsp3) is 0.381. The first-order valence-electron chi connectivity index (χ1n) is 8.98. The smallest absolute Gasteiger partial charge is 0.263 e. The lowest BCUT2D eigenvalue weighted by Crippen LogP contribution is -2.52. The highest BCUT2D eigenvalue weighted by Crippen LogP contribution is 2.28. The summed E-state index contributed by atoms with van der Waals surface area (Å²) in [5.74, 6) is 1.62. The minimum atomic E-state index is -0.490. The molecule has 1 aliphatic heterocycles. The predicted octanol–water partition coefficient (Wildman–Crippen LogP) is 3.12. The molecular weight excluding hydrogens is 328 g/mol. The summed E-state index contributed by atoms with van der Waals surface area (Å²) in [7, 11) is 1.68. The lowest BCUT2D eigenvalue weighted by molar-refractivity contribution is -0.138. The fourth-order valence-corrected chi connectivity index (χ4v) is 3.19. The van der Waals surface area contributed by atoms with Crippen LogP contribution in [0.15, 0.2) is 48.5 Å². The Kier molecular flexibility index (Phi) is 5.66. The van der Waals surface area contributed by atoms with E-state index in [0.717, 1.165) is 30.3 Å². The van der Waals surface area contributed by atoms with Crippen LogP contribution in [0, 0.1) is 6.92 Å². The Bertz CT molecular complexity index is 737. The molecule has 1 fully saturated rings. The molecule has 0 saturated carbocycles. The fourth-order valence-electron chi connectivity index (χ4n) is 3.19. The third kappa shape index (κ3) is 4.10. The number of hydrogen-bond donors (Lipinski definition) is 0. The molecule has 1 aliphatic rings. The van der Waals surface area contributed by atoms with Gasteiger partial charge in [0.05, 0.1) is 12.8 Å². The number of amides is 1. The van der Waals surface area contributed by atoms with Gasteiger partial charge in [-0.25, -0.2) is 0 Å². The Labute approximate surface area is 155 Å². The topological polar surface area (TPSA) is 42.0 Å². The van der Waals surface area contributed by atoms with E-state index in [2.05, 4.69) is 11.0 Å². The molecule has 138 valence electrons. The lowest BCUT2D eigenvalue weighted by atomic mass is 10.2. The number of anilines is 1. The van der Waals surface area contributed by atoms with E-state index in [1.54, 1.807) is 7.11 Å². The zero-order chi connectivity index (χ0) is 18.5. The van der Waals surface area contributed by atoms with E-state index in [1.807, 2.05) is 61.2 Å². The summed E-state index contributed by atoms with van der Waals surface area (Å²) < 4.78 is 11.3. The quantitative estimate of drug-likeness (QED) is 0.827. The van der Waals surface area contributed by atoms with Gasteiger partial charge < -0.3 is 19.3 Å². The summed E-state index contributed by atoms with van der Waals surface area (Å²) in [5, 5.41) is 0. The van der Waals surface area contributed by atoms with Crippen LogP contribution in [0.3, 0.4) is 0 Å². The second kappa shape index (κ2) is 8.13. The van der Waals surface area contributed by atoms with Crippen molar-refractivity contribution in [1.29, 1.82) is 0 Å². The van der Waals surface area contributed by atoms with Crippen LogP contribution in [0.2, 0.25) is 0 Å². The summed E-state index contributed by atoms with van der Waals surface area (Å²) in [4.78, 5) is 16.8. The Balaban J connectivity index is 1.57. The van der Waals surface area contributed by atoms with Gasteiger partial charge >= 0.3 is 0 Å². The largest absolute Gasteiger partial charge is 0.495 e. The average molecular weight is 354 g/mol. The van der Waals surface area contributed by atoms with Gasteiger partial charge in [0.25, 0.3) is 5.91 Å². The monoisotopic (exact) mass is 354 g/mol. The van der Waals surface area contributed by atoms with Crippen molar-refractivity contribution in [3.63, 3.8) is 0 Å². The molecule has 0 aliphatic carbocycles. The first-order chi connectivity index (χ1) is 12.6. The van der Waals surface area contributed by atoms with E-state index >= 15 is 0 Å². The highest BCUT2D eigenvalue weighted by Gasteiger charge is 2.27. The summed E-state index contributed by atoms with van der Waals surface area (Å²) in [5.41, 5.74) is 2.25. The van der Waals surface area contributed by atoms with Gasteiger partial charge in [-0.05, 0) is 38.1 Å². The maximum absolute atomic E-state index is 12.7. The van der Waals surface area contributed by atoms with E-state index in [-0.39, 0.29) is 5.91 Å². The number of piperazine rings is 1. The molecule has 0 radical (unpaired) electrons. The maximum atomic E-state index is 12.7. The van der Waals surface area contributed by atoms with E-state index in [0.29, 0.717) is 13.1 Å². The number of hydrogen-bond acceptors (Lipinski definition) is 4. The number of nitrogens with zero attached hydrogens (tertiary/aromatic N) is 2. The summed E-state index contributed by atoms with van der Waals surface area (Å²) in [6.07, 6.45) is -0.490. The van der Waals surface area contributed by atoms with Crippen LogP contribution in [0.1, 0.15) is 12.5 Å².